The second kappa shape index (κ2) is 5.64. The lowest BCUT2D eigenvalue weighted by molar-refractivity contribution is -0.128. The Morgan fingerprint density at radius 2 is 2.04 bits per heavy atom. The van der Waals surface area contributed by atoms with E-state index in [1.165, 1.54) is 4.90 Å². The number of anilines is 1. The molecule has 7 nitrogen and oxygen atoms in total. The molecule has 2 aliphatic heterocycles. The van der Waals surface area contributed by atoms with E-state index in [0.29, 0.717) is 30.3 Å². The van der Waals surface area contributed by atoms with E-state index in [0.717, 1.165) is 0 Å². The third kappa shape index (κ3) is 3.18. The summed E-state index contributed by atoms with van der Waals surface area (Å²) in [6, 6.07) is 5.30. The molecule has 2 heterocycles. The number of benzene rings is 1. The van der Waals surface area contributed by atoms with Gasteiger partial charge in [-0.2, -0.15) is 0 Å². The zero-order chi connectivity index (χ0) is 16.6. The smallest absolute Gasteiger partial charge is 0.414 e. The van der Waals surface area contributed by atoms with Crippen molar-refractivity contribution < 1.29 is 23.8 Å². The minimum atomic E-state index is -0.473. The van der Waals surface area contributed by atoms with E-state index in [4.69, 9.17) is 14.2 Å². The molecule has 0 aromatic heterocycles. The maximum absolute atomic E-state index is 12.0. The summed E-state index contributed by atoms with van der Waals surface area (Å²) in [5.74, 6) is 1.20. The standard InChI is InChI=1S/C16H20N2O5/c1-16(2,3)14(19)17-7-11-8-18(15(20)23-11)10-4-5-12-13(6-10)22-9-21-12/h4-6,11H,7-9H2,1-3H3,(H,17,19)/t11-/m1/s1. The fourth-order valence-corrected chi connectivity index (χ4v) is 2.36. The fraction of sp³-hybridized carbons (Fsp3) is 0.500. The SMILES string of the molecule is CC(C)(C)C(=O)NC[C@@H]1CN(c2ccc3c(c2)OCO3)C(=O)O1. The van der Waals surface area contributed by atoms with Gasteiger partial charge in [0.1, 0.15) is 6.10 Å². The zero-order valence-corrected chi connectivity index (χ0v) is 13.4. The second-order valence-corrected chi connectivity index (χ2v) is 6.61. The average Bonchev–Trinajstić information content (AvgIpc) is 3.09. The van der Waals surface area contributed by atoms with Crippen LogP contribution in [0.15, 0.2) is 18.2 Å². The highest BCUT2D eigenvalue weighted by molar-refractivity contribution is 5.90. The Bertz CT molecular complexity index is 638. The van der Waals surface area contributed by atoms with Crippen LogP contribution in [-0.4, -0.2) is 38.0 Å². The van der Waals surface area contributed by atoms with Gasteiger partial charge in [0.2, 0.25) is 12.7 Å². The molecule has 2 aliphatic rings. The molecule has 0 unspecified atom stereocenters. The van der Waals surface area contributed by atoms with Gasteiger partial charge >= 0.3 is 6.09 Å². The highest BCUT2D eigenvalue weighted by Gasteiger charge is 2.34. The maximum atomic E-state index is 12.0. The minimum Gasteiger partial charge on any atom is -0.454 e. The number of fused-ring (bicyclic) bond motifs is 1. The van der Waals surface area contributed by atoms with Crippen LogP contribution in [0, 0.1) is 5.41 Å². The number of ether oxygens (including phenoxy) is 3. The Morgan fingerprint density at radius 1 is 1.30 bits per heavy atom. The average molecular weight is 320 g/mol. The van der Waals surface area contributed by atoms with Crippen molar-refractivity contribution in [2.24, 2.45) is 5.41 Å². The highest BCUT2D eigenvalue weighted by atomic mass is 16.7. The summed E-state index contributed by atoms with van der Waals surface area (Å²) in [6.45, 7) is 6.36. The van der Waals surface area contributed by atoms with Crippen molar-refractivity contribution >= 4 is 17.7 Å². The number of carbonyl (C=O) groups is 2. The van der Waals surface area contributed by atoms with Gasteiger partial charge in [0.05, 0.1) is 18.8 Å². The largest absolute Gasteiger partial charge is 0.454 e. The van der Waals surface area contributed by atoms with Gasteiger partial charge in [0.15, 0.2) is 11.5 Å². The summed E-state index contributed by atoms with van der Waals surface area (Å²) in [4.78, 5) is 25.5. The molecule has 1 atom stereocenters. The molecule has 124 valence electrons. The zero-order valence-electron chi connectivity index (χ0n) is 13.4. The van der Waals surface area contributed by atoms with Crippen molar-refractivity contribution in [3.05, 3.63) is 18.2 Å². The number of hydrogen-bond donors (Lipinski definition) is 1. The molecule has 3 rings (SSSR count). The third-order valence-electron chi connectivity index (χ3n) is 3.71. The summed E-state index contributed by atoms with van der Waals surface area (Å²) in [5, 5.41) is 2.81. The molecule has 0 aliphatic carbocycles. The van der Waals surface area contributed by atoms with Crippen LogP contribution in [0.3, 0.4) is 0 Å². The quantitative estimate of drug-likeness (QED) is 0.920. The summed E-state index contributed by atoms with van der Waals surface area (Å²) in [5.41, 5.74) is 0.212. The second-order valence-electron chi connectivity index (χ2n) is 6.61. The van der Waals surface area contributed by atoms with Gasteiger partial charge in [-0.1, -0.05) is 20.8 Å². The number of amides is 2. The van der Waals surface area contributed by atoms with E-state index in [9.17, 15) is 9.59 Å². The van der Waals surface area contributed by atoms with Crippen LogP contribution in [0.4, 0.5) is 10.5 Å². The van der Waals surface area contributed by atoms with Crippen molar-refractivity contribution in [2.45, 2.75) is 26.9 Å². The van der Waals surface area contributed by atoms with Crippen molar-refractivity contribution in [1.82, 2.24) is 5.32 Å². The van der Waals surface area contributed by atoms with Crippen LogP contribution >= 0.6 is 0 Å². The lowest BCUT2D eigenvalue weighted by Gasteiger charge is -2.19. The van der Waals surface area contributed by atoms with Crippen molar-refractivity contribution in [3.8, 4) is 11.5 Å². The van der Waals surface area contributed by atoms with Crippen molar-refractivity contribution in [2.75, 3.05) is 24.8 Å². The summed E-state index contributed by atoms with van der Waals surface area (Å²) >= 11 is 0. The van der Waals surface area contributed by atoms with Crippen molar-refractivity contribution in [3.63, 3.8) is 0 Å². The van der Waals surface area contributed by atoms with Gasteiger partial charge < -0.3 is 19.5 Å². The van der Waals surface area contributed by atoms with Crippen LogP contribution in [-0.2, 0) is 9.53 Å². The summed E-state index contributed by atoms with van der Waals surface area (Å²) < 4.78 is 15.9. The van der Waals surface area contributed by atoms with E-state index in [1.54, 1.807) is 18.2 Å². The number of hydrogen-bond acceptors (Lipinski definition) is 5. The highest BCUT2D eigenvalue weighted by Crippen LogP contribution is 2.36. The molecule has 0 saturated carbocycles. The molecule has 7 heteroatoms. The van der Waals surface area contributed by atoms with E-state index in [2.05, 4.69) is 5.32 Å². The third-order valence-corrected chi connectivity index (χ3v) is 3.71. The Kier molecular flexibility index (Phi) is 3.79. The lowest BCUT2D eigenvalue weighted by atomic mass is 9.96. The van der Waals surface area contributed by atoms with Gasteiger partial charge in [-0.3, -0.25) is 9.69 Å². The Balaban J connectivity index is 1.63. The monoisotopic (exact) mass is 320 g/mol. The number of nitrogens with one attached hydrogen (secondary N) is 1. The van der Waals surface area contributed by atoms with Gasteiger partial charge in [-0.15, -0.1) is 0 Å². The molecular weight excluding hydrogens is 300 g/mol. The Labute approximate surface area is 134 Å². The molecule has 0 spiro atoms. The molecule has 1 aromatic rings. The summed E-state index contributed by atoms with van der Waals surface area (Å²) in [6.07, 6.45) is -0.807. The van der Waals surface area contributed by atoms with E-state index in [-0.39, 0.29) is 18.8 Å². The van der Waals surface area contributed by atoms with Crippen LogP contribution in [0.5, 0.6) is 11.5 Å². The first kappa shape index (κ1) is 15.5. The normalized spacial score (nSPS) is 19.7. The molecule has 1 fully saturated rings. The number of carbonyl (C=O) groups excluding carboxylic acids is 2. The number of rotatable bonds is 3. The fourth-order valence-electron chi connectivity index (χ4n) is 2.36. The van der Waals surface area contributed by atoms with Crippen LogP contribution < -0.4 is 19.7 Å². The maximum Gasteiger partial charge on any atom is 0.414 e. The van der Waals surface area contributed by atoms with Gasteiger partial charge in [-0.25, -0.2) is 4.79 Å². The number of cyclic esters (lactones) is 1. The van der Waals surface area contributed by atoms with E-state index >= 15 is 0 Å². The van der Waals surface area contributed by atoms with Crippen molar-refractivity contribution in [1.29, 1.82) is 0 Å². The molecule has 1 aromatic carbocycles. The van der Waals surface area contributed by atoms with Crippen LogP contribution in [0.1, 0.15) is 20.8 Å². The van der Waals surface area contributed by atoms with E-state index in [1.807, 2.05) is 20.8 Å². The molecule has 2 amide bonds. The predicted octanol–water partition coefficient (Wildman–Crippen LogP) is 1.90. The van der Waals surface area contributed by atoms with Crippen LogP contribution in [0.2, 0.25) is 0 Å². The van der Waals surface area contributed by atoms with Gasteiger partial charge in [0.25, 0.3) is 0 Å². The molecule has 0 bridgehead atoms. The molecule has 23 heavy (non-hydrogen) atoms. The first-order valence-corrected chi connectivity index (χ1v) is 7.51. The molecule has 0 radical (unpaired) electrons. The van der Waals surface area contributed by atoms with Crippen LogP contribution in [0.25, 0.3) is 0 Å². The molecular formula is C16H20N2O5. The number of nitrogens with zero attached hydrogens (tertiary/aromatic N) is 1. The van der Waals surface area contributed by atoms with Gasteiger partial charge in [0, 0.05) is 11.5 Å². The molecule has 1 saturated heterocycles. The van der Waals surface area contributed by atoms with E-state index < -0.39 is 11.5 Å². The Morgan fingerprint density at radius 3 is 2.78 bits per heavy atom. The predicted molar refractivity (Wildman–Crippen MR) is 82.6 cm³/mol. The molecule has 1 N–H and O–H groups in total. The minimum absolute atomic E-state index is 0.0740. The van der Waals surface area contributed by atoms with Gasteiger partial charge in [-0.05, 0) is 12.1 Å². The Hall–Kier alpha value is -2.44. The lowest BCUT2D eigenvalue weighted by Crippen LogP contribution is -2.40. The summed E-state index contributed by atoms with van der Waals surface area (Å²) in [7, 11) is 0. The first-order valence-electron chi connectivity index (χ1n) is 7.51. The topological polar surface area (TPSA) is 77.1 Å². The first-order chi connectivity index (χ1) is 10.8.